The van der Waals surface area contributed by atoms with E-state index in [2.05, 4.69) is 5.32 Å². The Morgan fingerprint density at radius 3 is 2.44 bits per heavy atom. The first kappa shape index (κ1) is 13.8. The Balaban J connectivity index is 1.67. The van der Waals surface area contributed by atoms with Crippen LogP contribution in [0.3, 0.4) is 0 Å². The van der Waals surface area contributed by atoms with Gasteiger partial charge in [0.2, 0.25) is 0 Å². The number of aliphatic hydroxyl groups is 1. The van der Waals surface area contributed by atoms with E-state index in [9.17, 15) is 9.90 Å². The van der Waals surface area contributed by atoms with Crippen LogP contribution in [0.1, 0.15) is 32.6 Å². The van der Waals surface area contributed by atoms with Crippen molar-refractivity contribution in [1.82, 2.24) is 10.2 Å². The van der Waals surface area contributed by atoms with Gasteiger partial charge >= 0.3 is 5.97 Å². The molecule has 1 aliphatic carbocycles. The van der Waals surface area contributed by atoms with Crippen molar-refractivity contribution < 1.29 is 15.0 Å². The first-order valence-corrected chi connectivity index (χ1v) is 6.89. The van der Waals surface area contributed by atoms with E-state index < -0.39 is 11.6 Å². The van der Waals surface area contributed by atoms with Crippen molar-refractivity contribution in [3.05, 3.63) is 0 Å². The highest BCUT2D eigenvalue weighted by atomic mass is 16.4. The van der Waals surface area contributed by atoms with E-state index in [0.29, 0.717) is 6.04 Å². The minimum absolute atomic E-state index is 0.220. The van der Waals surface area contributed by atoms with Crippen molar-refractivity contribution >= 4 is 5.97 Å². The number of carbonyl (C=O) groups is 1. The van der Waals surface area contributed by atoms with Gasteiger partial charge < -0.3 is 15.5 Å². The van der Waals surface area contributed by atoms with E-state index in [1.807, 2.05) is 4.90 Å². The first-order chi connectivity index (χ1) is 8.47. The predicted octanol–water partition coefficient (Wildman–Crippen LogP) is 0.286. The Kier molecular flexibility index (Phi) is 4.25. The number of likely N-dealkylation sites (tertiary alicyclic amines) is 1. The van der Waals surface area contributed by atoms with E-state index in [0.717, 1.165) is 38.4 Å². The number of carboxylic acids is 1. The zero-order valence-corrected chi connectivity index (χ0v) is 11.1. The zero-order valence-electron chi connectivity index (χ0n) is 11.1. The molecule has 1 unspecified atom stereocenters. The molecule has 2 aliphatic rings. The summed E-state index contributed by atoms with van der Waals surface area (Å²) < 4.78 is 0. The topological polar surface area (TPSA) is 72.8 Å². The summed E-state index contributed by atoms with van der Waals surface area (Å²) in [5.74, 6) is -0.243. The van der Waals surface area contributed by atoms with Crippen LogP contribution in [-0.2, 0) is 4.79 Å². The lowest BCUT2D eigenvalue weighted by Gasteiger charge is -2.35. The Labute approximate surface area is 108 Å². The molecule has 2 rings (SSSR count). The molecule has 1 saturated carbocycles. The van der Waals surface area contributed by atoms with E-state index in [4.69, 9.17) is 5.11 Å². The molecule has 104 valence electrons. The quantitative estimate of drug-likeness (QED) is 0.637. The van der Waals surface area contributed by atoms with Crippen LogP contribution < -0.4 is 5.32 Å². The molecule has 0 amide bonds. The normalized spacial score (nSPS) is 25.9. The van der Waals surface area contributed by atoms with E-state index in [-0.39, 0.29) is 6.54 Å². The third kappa shape index (κ3) is 3.93. The lowest BCUT2D eigenvalue weighted by atomic mass is 10.0. The fourth-order valence-corrected chi connectivity index (χ4v) is 2.45. The number of hydrogen-bond donors (Lipinski definition) is 3. The fraction of sp³-hybridized carbons (Fsp3) is 0.923. The number of carboxylic acid groups (broad SMARTS) is 1. The summed E-state index contributed by atoms with van der Waals surface area (Å²) >= 11 is 0. The molecule has 0 aromatic rings. The van der Waals surface area contributed by atoms with Crippen LogP contribution >= 0.6 is 0 Å². The van der Waals surface area contributed by atoms with Gasteiger partial charge in [-0.15, -0.1) is 0 Å². The summed E-state index contributed by atoms with van der Waals surface area (Å²) in [4.78, 5) is 12.9. The largest absolute Gasteiger partial charge is 0.479 e. The Hall–Kier alpha value is -0.650. The summed E-state index contributed by atoms with van der Waals surface area (Å²) in [7, 11) is 0. The van der Waals surface area contributed by atoms with Gasteiger partial charge in [0.05, 0.1) is 0 Å². The van der Waals surface area contributed by atoms with E-state index >= 15 is 0 Å². The molecular weight excluding hydrogens is 232 g/mol. The first-order valence-electron chi connectivity index (χ1n) is 6.89. The van der Waals surface area contributed by atoms with Gasteiger partial charge in [-0.3, -0.25) is 4.90 Å². The summed E-state index contributed by atoms with van der Waals surface area (Å²) in [6, 6.07) is 0.566. The average Bonchev–Trinajstić information content (AvgIpc) is 3.11. The standard InChI is InChI=1S/C13H24N2O3/c1-13(18,12(16)17)9-15-6-4-11(5-7-15)14-8-10-2-3-10/h10-11,14,18H,2-9H2,1H3,(H,16,17). The van der Waals surface area contributed by atoms with Crippen molar-refractivity contribution in [2.24, 2.45) is 5.92 Å². The van der Waals surface area contributed by atoms with Gasteiger partial charge in [-0.2, -0.15) is 0 Å². The van der Waals surface area contributed by atoms with Crippen LogP contribution in [0.15, 0.2) is 0 Å². The molecule has 0 radical (unpaired) electrons. The number of β-amino-alcohol motifs (C(OH)–C–C–N with tert-alkyl or cyclic N) is 1. The molecule has 1 heterocycles. The second-order valence-electron chi connectivity index (χ2n) is 5.98. The number of nitrogens with zero attached hydrogens (tertiary/aromatic N) is 1. The zero-order chi connectivity index (χ0) is 13.2. The van der Waals surface area contributed by atoms with Crippen molar-refractivity contribution in [2.75, 3.05) is 26.2 Å². The maximum Gasteiger partial charge on any atom is 0.336 e. The minimum Gasteiger partial charge on any atom is -0.479 e. The third-order valence-electron chi connectivity index (χ3n) is 3.97. The van der Waals surface area contributed by atoms with Gasteiger partial charge in [-0.1, -0.05) is 0 Å². The summed E-state index contributed by atoms with van der Waals surface area (Å²) in [5, 5.41) is 22.2. The highest BCUT2D eigenvalue weighted by Crippen LogP contribution is 2.28. The van der Waals surface area contributed by atoms with Crippen molar-refractivity contribution in [1.29, 1.82) is 0 Å². The molecule has 18 heavy (non-hydrogen) atoms. The lowest BCUT2D eigenvalue weighted by Crippen LogP contribution is -2.51. The van der Waals surface area contributed by atoms with Crippen LogP contribution in [0, 0.1) is 5.92 Å². The summed E-state index contributed by atoms with van der Waals surface area (Å²) in [5.41, 5.74) is -1.63. The fourth-order valence-electron chi connectivity index (χ4n) is 2.45. The lowest BCUT2D eigenvalue weighted by molar-refractivity contribution is -0.158. The molecular formula is C13H24N2O3. The molecule has 3 N–H and O–H groups in total. The van der Waals surface area contributed by atoms with Gasteiger partial charge in [0, 0.05) is 12.6 Å². The average molecular weight is 256 g/mol. The number of nitrogens with one attached hydrogen (secondary N) is 1. The van der Waals surface area contributed by atoms with Crippen molar-refractivity contribution in [2.45, 2.75) is 44.2 Å². The van der Waals surface area contributed by atoms with Crippen LogP contribution in [0.5, 0.6) is 0 Å². The Bertz CT molecular complexity index is 295. The molecule has 0 aromatic carbocycles. The number of piperidine rings is 1. The maximum atomic E-state index is 10.9. The maximum absolute atomic E-state index is 10.9. The number of aliphatic carboxylic acids is 1. The molecule has 1 aliphatic heterocycles. The molecule has 1 atom stereocenters. The van der Waals surface area contributed by atoms with Crippen LogP contribution in [0.2, 0.25) is 0 Å². The van der Waals surface area contributed by atoms with Gasteiger partial charge in [-0.05, 0) is 58.2 Å². The van der Waals surface area contributed by atoms with Crippen LogP contribution in [0.4, 0.5) is 0 Å². The van der Waals surface area contributed by atoms with E-state index in [1.54, 1.807) is 0 Å². The van der Waals surface area contributed by atoms with Gasteiger partial charge in [0.15, 0.2) is 5.60 Å². The summed E-state index contributed by atoms with van der Waals surface area (Å²) in [6.45, 7) is 4.46. The molecule has 0 bridgehead atoms. The summed E-state index contributed by atoms with van der Waals surface area (Å²) in [6.07, 6.45) is 4.82. The second-order valence-corrected chi connectivity index (χ2v) is 5.98. The van der Waals surface area contributed by atoms with Gasteiger partial charge in [0.25, 0.3) is 0 Å². The van der Waals surface area contributed by atoms with Crippen molar-refractivity contribution in [3.63, 3.8) is 0 Å². The highest BCUT2D eigenvalue weighted by molar-refractivity contribution is 5.76. The molecule has 5 heteroatoms. The molecule has 0 spiro atoms. The monoisotopic (exact) mass is 256 g/mol. The molecule has 5 nitrogen and oxygen atoms in total. The second kappa shape index (κ2) is 5.55. The number of hydrogen-bond acceptors (Lipinski definition) is 4. The SMILES string of the molecule is CC(O)(CN1CCC(NCC2CC2)CC1)C(=O)O. The molecule has 1 saturated heterocycles. The van der Waals surface area contributed by atoms with Crippen LogP contribution in [-0.4, -0.2) is 58.9 Å². The third-order valence-corrected chi connectivity index (χ3v) is 3.97. The van der Waals surface area contributed by atoms with Gasteiger partial charge in [-0.25, -0.2) is 4.79 Å². The van der Waals surface area contributed by atoms with Crippen molar-refractivity contribution in [3.8, 4) is 0 Å². The smallest absolute Gasteiger partial charge is 0.336 e. The predicted molar refractivity (Wildman–Crippen MR) is 68.4 cm³/mol. The molecule has 2 fully saturated rings. The van der Waals surface area contributed by atoms with Gasteiger partial charge in [0.1, 0.15) is 0 Å². The number of rotatable bonds is 6. The molecule has 0 aromatic heterocycles. The highest BCUT2D eigenvalue weighted by Gasteiger charge is 2.33. The van der Waals surface area contributed by atoms with Crippen LogP contribution in [0.25, 0.3) is 0 Å². The Morgan fingerprint density at radius 2 is 1.94 bits per heavy atom. The van der Waals surface area contributed by atoms with E-state index in [1.165, 1.54) is 19.8 Å². The Morgan fingerprint density at radius 1 is 1.33 bits per heavy atom. The minimum atomic E-state index is -1.63.